The molecule has 0 heterocycles. The highest BCUT2D eigenvalue weighted by Gasteiger charge is 1.97. The minimum Gasteiger partial charge on any atom is -0.295 e. The van der Waals surface area contributed by atoms with E-state index in [1.807, 2.05) is 44.2 Å². The lowest BCUT2D eigenvalue weighted by Gasteiger charge is -1.99. The van der Waals surface area contributed by atoms with Crippen molar-refractivity contribution in [2.75, 3.05) is 0 Å². The summed E-state index contributed by atoms with van der Waals surface area (Å²) in [5.74, 6) is 0.186. The van der Waals surface area contributed by atoms with Gasteiger partial charge in [-0.2, -0.15) is 0 Å². The molecule has 0 bridgehead atoms. The molecule has 0 unspecified atom stereocenters. The van der Waals surface area contributed by atoms with Crippen LogP contribution in [-0.2, 0) is 4.79 Å². The molecule has 0 saturated carbocycles. The number of thioether (sulfide) groups is 1. The van der Waals surface area contributed by atoms with Crippen molar-refractivity contribution >= 4 is 17.5 Å². The van der Waals surface area contributed by atoms with Gasteiger partial charge in [0, 0.05) is 11.3 Å². The summed E-state index contributed by atoms with van der Waals surface area (Å²) < 4.78 is 0. The lowest BCUT2D eigenvalue weighted by atomic mass is 10.3. The van der Waals surface area contributed by atoms with E-state index in [1.165, 1.54) is 4.90 Å². The Balaban J connectivity index is 2.61. The SMILES string of the molecule is CCC(=O)/C=C(\C)Sc1ccccc1. The fraction of sp³-hybridized carbons (Fsp3) is 0.250. The normalized spacial score (nSPS) is 11.4. The molecule has 1 nitrogen and oxygen atoms in total. The van der Waals surface area contributed by atoms with Crippen LogP contribution in [0.15, 0.2) is 46.2 Å². The van der Waals surface area contributed by atoms with Gasteiger partial charge in [0.05, 0.1) is 0 Å². The Morgan fingerprint density at radius 1 is 1.36 bits per heavy atom. The van der Waals surface area contributed by atoms with Crippen LogP contribution in [0, 0.1) is 0 Å². The Bertz CT molecular complexity index is 327. The van der Waals surface area contributed by atoms with Crippen molar-refractivity contribution < 1.29 is 4.79 Å². The van der Waals surface area contributed by atoms with Gasteiger partial charge in [0.15, 0.2) is 5.78 Å². The summed E-state index contributed by atoms with van der Waals surface area (Å²) in [5.41, 5.74) is 0. The molecule has 2 heteroatoms. The molecule has 0 spiro atoms. The third-order valence-electron chi connectivity index (χ3n) is 1.73. The number of benzene rings is 1. The maximum absolute atomic E-state index is 11.1. The molecule has 0 aliphatic rings. The highest BCUT2D eigenvalue weighted by Crippen LogP contribution is 2.25. The van der Waals surface area contributed by atoms with Crippen LogP contribution in [0.1, 0.15) is 20.3 Å². The fourth-order valence-electron chi connectivity index (χ4n) is 1.03. The van der Waals surface area contributed by atoms with Gasteiger partial charge in [0.25, 0.3) is 0 Å². The number of ketones is 1. The van der Waals surface area contributed by atoms with Gasteiger partial charge in [-0.05, 0) is 30.0 Å². The van der Waals surface area contributed by atoms with Gasteiger partial charge in [-0.25, -0.2) is 0 Å². The van der Waals surface area contributed by atoms with E-state index < -0.39 is 0 Å². The van der Waals surface area contributed by atoms with Gasteiger partial charge < -0.3 is 0 Å². The first kappa shape index (κ1) is 11.1. The standard InChI is InChI=1S/C12H14OS/c1-3-11(13)9-10(2)14-12-7-5-4-6-8-12/h4-9H,3H2,1-2H3/b10-9+. The second-order valence-electron chi connectivity index (χ2n) is 2.99. The largest absolute Gasteiger partial charge is 0.295 e. The summed E-state index contributed by atoms with van der Waals surface area (Å²) in [6, 6.07) is 10.1. The van der Waals surface area contributed by atoms with Crippen LogP contribution in [0.2, 0.25) is 0 Å². The second kappa shape index (κ2) is 5.66. The Morgan fingerprint density at radius 2 is 2.00 bits per heavy atom. The Kier molecular flexibility index (Phi) is 4.47. The van der Waals surface area contributed by atoms with Gasteiger partial charge in [-0.1, -0.05) is 36.9 Å². The van der Waals surface area contributed by atoms with Crippen molar-refractivity contribution in [3.63, 3.8) is 0 Å². The average molecular weight is 206 g/mol. The molecule has 0 amide bonds. The molecule has 1 aromatic rings. The van der Waals surface area contributed by atoms with Crippen LogP contribution in [0.3, 0.4) is 0 Å². The van der Waals surface area contributed by atoms with Crippen molar-refractivity contribution in [3.05, 3.63) is 41.3 Å². The topological polar surface area (TPSA) is 17.1 Å². The number of hydrogen-bond donors (Lipinski definition) is 0. The number of hydrogen-bond acceptors (Lipinski definition) is 2. The van der Waals surface area contributed by atoms with Crippen LogP contribution in [0.5, 0.6) is 0 Å². The molecule has 74 valence electrons. The Morgan fingerprint density at radius 3 is 2.57 bits per heavy atom. The Hall–Kier alpha value is -1.02. The first-order chi connectivity index (χ1) is 6.72. The molecule has 1 aromatic carbocycles. The molecule has 0 atom stereocenters. The smallest absolute Gasteiger partial charge is 0.156 e. The summed E-state index contributed by atoms with van der Waals surface area (Å²) >= 11 is 1.63. The minimum absolute atomic E-state index is 0.186. The van der Waals surface area contributed by atoms with Crippen LogP contribution in [-0.4, -0.2) is 5.78 Å². The maximum Gasteiger partial charge on any atom is 0.156 e. The zero-order valence-corrected chi connectivity index (χ0v) is 9.30. The molecule has 0 saturated heterocycles. The monoisotopic (exact) mass is 206 g/mol. The van der Waals surface area contributed by atoms with Gasteiger partial charge in [0.2, 0.25) is 0 Å². The number of carbonyl (C=O) groups excluding carboxylic acids is 1. The Labute approximate surface area is 89.2 Å². The number of allylic oxidation sites excluding steroid dienone is 2. The highest BCUT2D eigenvalue weighted by atomic mass is 32.2. The molecular weight excluding hydrogens is 192 g/mol. The summed E-state index contributed by atoms with van der Waals surface area (Å²) in [4.78, 5) is 13.3. The van der Waals surface area contributed by atoms with Crippen LogP contribution < -0.4 is 0 Å². The van der Waals surface area contributed by atoms with Gasteiger partial charge in [-0.3, -0.25) is 4.79 Å². The van der Waals surface area contributed by atoms with E-state index in [1.54, 1.807) is 17.8 Å². The molecule has 0 aliphatic carbocycles. The number of carbonyl (C=O) groups is 1. The van der Waals surface area contributed by atoms with E-state index in [9.17, 15) is 4.79 Å². The van der Waals surface area contributed by atoms with E-state index in [0.29, 0.717) is 6.42 Å². The molecular formula is C12H14OS. The van der Waals surface area contributed by atoms with E-state index in [4.69, 9.17) is 0 Å². The summed E-state index contributed by atoms with van der Waals surface area (Å²) in [7, 11) is 0. The molecule has 0 N–H and O–H groups in total. The number of rotatable bonds is 4. The maximum atomic E-state index is 11.1. The molecule has 14 heavy (non-hydrogen) atoms. The van der Waals surface area contributed by atoms with Gasteiger partial charge >= 0.3 is 0 Å². The third kappa shape index (κ3) is 3.79. The van der Waals surface area contributed by atoms with E-state index in [2.05, 4.69) is 0 Å². The van der Waals surface area contributed by atoms with Crippen LogP contribution >= 0.6 is 11.8 Å². The first-order valence-electron chi connectivity index (χ1n) is 4.66. The molecule has 0 aliphatic heterocycles. The predicted molar refractivity (Wildman–Crippen MR) is 61.4 cm³/mol. The van der Waals surface area contributed by atoms with E-state index >= 15 is 0 Å². The summed E-state index contributed by atoms with van der Waals surface area (Å²) in [6.07, 6.45) is 2.28. The third-order valence-corrected chi connectivity index (χ3v) is 2.68. The van der Waals surface area contributed by atoms with Gasteiger partial charge in [-0.15, -0.1) is 0 Å². The van der Waals surface area contributed by atoms with Crippen molar-refractivity contribution in [1.82, 2.24) is 0 Å². The van der Waals surface area contributed by atoms with Crippen LogP contribution in [0.4, 0.5) is 0 Å². The quantitative estimate of drug-likeness (QED) is 0.552. The van der Waals surface area contributed by atoms with Crippen LogP contribution in [0.25, 0.3) is 0 Å². The molecule has 0 radical (unpaired) electrons. The molecule has 0 fully saturated rings. The summed E-state index contributed by atoms with van der Waals surface area (Å²) in [5, 5.41) is 0. The zero-order valence-electron chi connectivity index (χ0n) is 8.49. The van der Waals surface area contributed by atoms with Gasteiger partial charge in [0.1, 0.15) is 0 Å². The van der Waals surface area contributed by atoms with E-state index in [-0.39, 0.29) is 5.78 Å². The molecule has 0 aromatic heterocycles. The first-order valence-corrected chi connectivity index (χ1v) is 5.48. The van der Waals surface area contributed by atoms with Crippen molar-refractivity contribution in [2.24, 2.45) is 0 Å². The minimum atomic E-state index is 0.186. The molecule has 1 rings (SSSR count). The lowest BCUT2D eigenvalue weighted by molar-refractivity contribution is -0.114. The predicted octanol–water partition coefficient (Wildman–Crippen LogP) is 3.66. The highest BCUT2D eigenvalue weighted by molar-refractivity contribution is 8.03. The van der Waals surface area contributed by atoms with Crippen molar-refractivity contribution in [2.45, 2.75) is 25.2 Å². The fourth-order valence-corrected chi connectivity index (χ4v) is 1.89. The van der Waals surface area contributed by atoms with Crippen molar-refractivity contribution in [1.29, 1.82) is 0 Å². The van der Waals surface area contributed by atoms with E-state index in [0.717, 1.165) is 4.91 Å². The van der Waals surface area contributed by atoms with Crippen molar-refractivity contribution in [3.8, 4) is 0 Å². The lowest BCUT2D eigenvalue weighted by Crippen LogP contribution is -1.88. The average Bonchev–Trinajstić information content (AvgIpc) is 2.19. The summed E-state index contributed by atoms with van der Waals surface area (Å²) in [6.45, 7) is 3.84. The zero-order chi connectivity index (χ0) is 10.4. The second-order valence-corrected chi connectivity index (χ2v) is 4.31.